The van der Waals surface area contributed by atoms with E-state index < -0.39 is 15.8 Å². The molecule has 1 atom stereocenters. The fourth-order valence-corrected chi connectivity index (χ4v) is 3.29. The van der Waals surface area contributed by atoms with Crippen LogP contribution in [0.1, 0.15) is 40.0 Å². The zero-order valence-corrected chi connectivity index (χ0v) is 13.0. The summed E-state index contributed by atoms with van der Waals surface area (Å²) in [5.41, 5.74) is 5.61. The predicted octanol–water partition coefficient (Wildman–Crippen LogP) is 2.90. The number of sulfonamides is 1. The average Bonchev–Trinajstić information content (AvgIpc) is 2.26. The minimum atomic E-state index is -3.84. The van der Waals surface area contributed by atoms with E-state index in [1.165, 1.54) is 12.1 Å². The molecule has 1 aromatic rings. The van der Waals surface area contributed by atoms with Crippen molar-refractivity contribution in [3.05, 3.63) is 24.0 Å². The van der Waals surface area contributed by atoms with Crippen LogP contribution in [0.2, 0.25) is 0 Å². The largest absolute Gasteiger partial charge is 0.399 e. The lowest BCUT2D eigenvalue weighted by molar-refractivity contribution is 0.486. The Bertz CT molecular complexity index is 544. The highest BCUT2D eigenvalue weighted by molar-refractivity contribution is 7.89. The second-order valence-corrected chi connectivity index (χ2v) is 7.22. The smallest absolute Gasteiger partial charge is 0.243 e. The molecule has 20 heavy (non-hydrogen) atoms. The molecule has 0 aromatic heterocycles. The monoisotopic (exact) mass is 302 g/mol. The molecule has 0 aliphatic rings. The molecule has 0 saturated carbocycles. The Kier molecular flexibility index (Phi) is 5.95. The van der Waals surface area contributed by atoms with Crippen LogP contribution < -0.4 is 10.5 Å². The molecule has 1 unspecified atom stereocenters. The van der Waals surface area contributed by atoms with Gasteiger partial charge in [0.2, 0.25) is 10.0 Å². The summed E-state index contributed by atoms with van der Waals surface area (Å²) in [6.45, 7) is 6.03. The van der Waals surface area contributed by atoms with Crippen molar-refractivity contribution in [2.75, 3.05) is 5.73 Å². The third-order valence-electron chi connectivity index (χ3n) is 3.02. The van der Waals surface area contributed by atoms with Gasteiger partial charge in [0.1, 0.15) is 10.7 Å². The molecular formula is C14H23FN2O2S. The van der Waals surface area contributed by atoms with Gasteiger partial charge in [0.25, 0.3) is 0 Å². The molecule has 4 nitrogen and oxygen atoms in total. The van der Waals surface area contributed by atoms with E-state index in [-0.39, 0.29) is 16.6 Å². The molecule has 0 heterocycles. The van der Waals surface area contributed by atoms with Gasteiger partial charge < -0.3 is 5.73 Å². The number of halogens is 1. The van der Waals surface area contributed by atoms with Gasteiger partial charge in [-0.1, -0.05) is 26.7 Å². The van der Waals surface area contributed by atoms with Gasteiger partial charge in [-0.2, -0.15) is 0 Å². The third-order valence-corrected chi connectivity index (χ3v) is 4.64. The molecule has 0 bridgehead atoms. The molecule has 114 valence electrons. The molecule has 3 N–H and O–H groups in total. The molecule has 0 aliphatic carbocycles. The van der Waals surface area contributed by atoms with Gasteiger partial charge in [0.05, 0.1) is 0 Å². The van der Waals surface area contributed by atoms with Gasteiger partial charge in [-0.05, 0) is 37.5 Å². The summed E-state index contributed by atoms with van der Waals surface area (Å²) in [7, 11) is -3.84. The Labute approximate surface area is 120 Å². The van der Waals surface area contributed by atoms with Crippen LogP contribution in [-0.4, -0.2) is 14.5 Å². The van der Waals surface area contributed by atoms with E-state index in [4.69, 9.17) is 5.73 Å². The molecule has 0 amide bonds. The minimum absolute atomic E-state index is 0.200. The number of anilines is 1. The first-order chi connectivity index (χ1) is 9.22. The summed E-state index contributed by atoms with van der Waals surface area (Å²) in [6.07, 6.45) is 2.71. The van der Waals surface area contributed by atoms with Crippen LogP contribution >= 0.6 is 0 Å². The summed E-state index contributed by atoms with van der Waals surface area (Å²) in [4.78, 5) is -0.359. The Hall–Kier alpha value is -1.14. The molecule has 0 spiro atoms. The Morgan fingerprint density at radius 1 is 1.25 bits per heavy atom. The maximum Gasteiger partial charge on any atom is 0.243 e. The summed E-state index contributed by atoms with van der Waals surface area (Å²) in [6, 6.07) is 3.35. The van der Waals surface area contributed by atoms with Gasteiger partial charge in [0.15, 0.2) is 0 Å². The maximum absolute atomic E-state index is 13.7. The van der Waals surface area contributed by atoms with Crippen LogP contribution in [0.4, 0.5) is 10.1 Å². The lowest BCUT2D eigenvalue weighted by Gasteiger charge is -2.15. The molecule has 1 rings (SSSR count). The molecule has 0 fully saturated rings. The number of hydrogen-bond donors (Lipinski definition) is 2. The van der Waals surface area contributed by atoms with E-state index in [0.29, 0.717) is 5.92 Å². The molecular weight excluding hydrogens is 279 g/mol. The van der Waals surface area contributed by atoms with Gasteiger partial charge in [-0.25, -0.2) is 17.5 Å². The first-order valence-electron chi connectivity index (χ1n) is 6.79. The van der Waals surface area contributed by atoms with E-state index in [1.54, 1.807) is 6.92 Å². The summed E-state index contributed by atoms with van der Waals surface area (Å²) in [5, 5.41) is 0. The van der Waals surface area contributed by atoms with E-state index >= 15 is 0 Å². The zero-order valence-electron chi connectivity index (χ0n) is 12.2. The van der Waals surface area contributed by atoms with Gasteiger partial charge in [-0.15, -0.1) is 0 Å². The SMILES string of the molecule is CC(C)CCCC(C)NS(=O)(=O)c1ccc(N)cc1F. The second-order valence-electron chi connectivity index (χ2n) is 5.54. The Balaban J connectivity index is 2.69. The van der Waals surface area contributed by atoms with Crippen molar-refractivity contribution in [2.45, 2.75) is 51.0 Å². The quantitative estimate of drug-likeness (QED) is 0.761. The van der Waals surface area contributed by atoms with Crippen LogP contribution in [0.3, 0.4) is 0 Å². The Morgan fingerprint density at radius 3 is 2.45 bits per heavy atom. The number of rotatable bonds is 7. The lowest BCUT2D eigenvalue weighted by atomic mass is 10.0. The summed E-state index contributed by atoms with van der Waals surface area (Å²) < 4.78 is 40.3. The van der Waals surface area contributed by atoms with Gasteiger partial charge >= 0.3 is 0 Å². The highest BCUT2D eigenvalue weighted by Crippen LogP contribution is 2.18. The van der Waals surface area contributed by atoms with Gasteiger partial charge in [-0.3, -0.25) is 0 Å². The Morgan fingerprint density at radius 2 is 1.90 bits per heavy atom. The minimum Gasteiger partial charge on any atom is -0.399 e. The number of nitrogen functional groups attached to an aromatic ring is 1. The van der Waals surface area contributed by atoms with Crippen molar-refractivity contribution < 1.29 is 12.8 Å². The number of nitrogens with one attached hydrogen (secondary N) is 1. The van der Waals surface area contributed by atoms with Crippen molar-refractivity contribution in [3.63, 3.8) is 0 Å². The molecule has 6 heteroatoms. The normalized spacial score (nSPS) is 13.7. The fourth-order valence-electron chi connectivity index (χ4n) is 1.95. The van der Waals surface area contributed by atoms with Crippen LogP contribution in [0.25, 0.3) is 0 Å². The highest BCUT2D eigenvalue weighted by Gasteiger charge is 2.21. The van der Waals surface area contributed by atoms with Crippen molar-refractivity contribution in [1.82, 2.24) is 4.72 Å². The van der Waals surface area contributed by atoms with Crippen molar-refractivity contribution in [3.8, 4) is 0 Å². The molecule has 0 radical (unpaired) electrons. The van der Waals surface area contributed by atoms with Crippen molar-refractivity contribution >= 4 is 15.7 Å². The number of benzene rings is 1. The topological polar surface area (TPSA) is 72.2 Å². The van der Waals surface area contributed by atoms with Crippen molar-refractivity contribution in [1.29, 1.82) is 0 Å². The summed E-state index contributed by atoms with van der Waals surface area (Å²) >= 11 is 0. The van der Waals surface area contributed by atoms with Crippen LogP contribution in [0.15, 0.2) is 23.1 Å². The van der Waals surface area contributed by atoms with Crippen molar-refractivity contribution in [2.24, 2.45) is 5.92 Å². The average molecular weight is 302 g/mol. The zero-order chi connectivity index (χ0) is 15.3. The van der Waals surface area contributed by atoms with Gasteiger partial charge in [0, 0.05) is 11.7 Å². The lowest BCUT2D eigenvalue weighted by Crippen LogP contribution is -2.33. The number of hydrogen-bond acceptors (Lipinski definition) is 3. The first kappa shape index (κ1) is 16.9. The first-order valence-corrected chi connectivity index (χ1v) is 8.28. The molecule has 1 aromatic carbocycles. The summed E-state index contributed by atoms with van der Waals surface area (Å²) in [5.74, 6) is -0.236. The molecule has 0 aliphatic heterocycles. The molecule has 0 saturated heterocycles. The second kappa shape index (κ2) is 7.04. The van der Waals surface area contributed by atoms with E-state index in [0.717, 1.165) is 25.3 Å². The van der Waals surface area contributed by atoms with Crippen LogP contribution in [0, 0.1) is 11.7 Å². The van der Waals surface area contributed by atoms with E-state index in [2.05, 4.69) is 18.6 Å². The standard InChI is InChI=1S/C14H23FN2O2S/c1-10(2)5-4-6-11(3)17-20(18,19)14-8-7-12(16)9-13(14)15/h7-11,17H,4-6,16H2,1-3H3. The van der Waals surface area contributed by atoms with Crippen LogP contribution in [-0.2, 0) is 10.0 Å². The maximum atomic E-state index is 13.7. The number of nitrogens with two attached hydrogens (primary N) is 1. The highest BCUT2D eigenvalue weighted by atomic mass is 32.2. The van der Waals surface area contributed by atoms with E-state index in [1.807, 2.05) is 0 Å². The third kappa shape index (κ3) is 5.09. The van der Waals surface area contributed by atoms with E-state index in [9.17, 15) is 12.8 Å². The predicted molar refractivity (Wildman–Crippen MR) is 79.3 cm³/mol. The fraction of sp³-hybridized carbons (Fsp3) is 0.571. The van der Waals surface area contributed by atoms with Crippen LogP contribution in [0.5, 0.6) is 0 Å².